The molecule has 0 atom stereocenters. The summed E-state index contributed by atoms with van der Waals surface area (Å²) in [5, 5.41) is 11.8. The average Bonchev–Trinajstić information content (AvgIpc) is 3.25. The molecule has 0 saturated carbocycles. The summed E-state index contributed by atoms with van der Waals surface area (Å²) in [5.41, 5.74) is 0.848. The molecule has 2 aromatic heterocycles. The van der Waals surface area contributed by atoms with Crippen LogP contribution in [0.5, 0.6) is 0 Å². The van der Waals surface area contributed by atoms with Gasteiger partial charge in [0.05, 0.1) is 6.54 Å². The topological polar surface area (TPSA) is 87.0 Å². The number of anilines is 1. The Bertz CT molecular complexity index is 854. The van der Waals surface area contributed by atoms with Crippen molar-refractivity contribution in [3.8, 4) is 11.4 Å². The Morgan fingerprint density at radius 3 is 2.76 bits per heavy atom. The third kappa shape index (κ3) is 3.64. The molecule has 3 aromatic rings. The largest absolute Gasteiger partial charge is 0.324 e. The van der Waals surface area contributed by atoms with Gasteiger partial charge in [0.25, 0.3) is 0 Å². The second kappa shape index (κ2) is 6.81. The van der Waals surface area contributed by atoms with Crippen molar-refractivity contribution < 1.29 is 4.52 Å². The van der Waals surface area contributed by atoms with E-state index in [1.54, 1.807) is 0 Å². The standard InChI is InChI=1S/C16H18ClN7O/c1-11-18-14(21-20-11)10-23-5-7-24(8-6-23)16-19-15(22-25-16)12-3-2-4-13(17)9-12/h2-4,9H,5-8,10H2,1H3,(H,18,20,21). The summed E-state index contributed by atoms with van der Waals surface area (Å²) in [6.07, 6.45) is 0. The number of nitrogens with zero attached hydrogens (tertiary/aromatic N) is 6. The van der Waals surface area contributed by atoms with Crippen molar-refractivity contribution in [1.29, 1.82) is 0 Å². The molecular formula is C16H18ClN7O. The fourth-order valence-corrected chi connectivity index (χ4v) is 3.04. The molecular weight excluding hydrogens is 342 g/mol. The van der Waals surface area contributed by atoms with Gasteiger partial charge in [-0.3, -0.25) is 10.00 Å². The Balaban J connectivity index is 1.38. The number of piperazine rings is 1. The zero-order valence-corrected chi connectivity index (χ0v) is 14.6. The lowest BCUT2D eigenvalue weighted by Crippen LogP contribution is -2.46. The minimum atomic E-state index is 0.545. The van der Waals surface area contributed by atoms with E-state index >= 15 is 0 Å². The van der Waals surface area contributed by atoms with Crippen molar-refractivity contribution in [2.45, 2.75) is 13.5 Å². The normalized spacial score (nSPS) is 15.7. The Kier molecular flexibility index (Phi) is 4.37. The highest BCUT2D eigenvalue weighted by atomic mass is 35.5. The van der Waals surface area contributed by atoms with E-state index in [0.717, 1.165) is 49.9 Å². The number of halogens is 1. The molecule has 25 heavy (non-hydrogen) atoms. The average molecular weight is 360 g/mol. The first-order valence-corrected chi connectivity index (χ1v) is 8.50. The quantitative estimate of drug-likeness (QED) is 0.763. The van der Waals surface area contributed by atoms with E-state index in [2.05, 4.69) is 35.1 Å². The van der Waals surface area contributed by atoms with Gasteiger partial charge in [-0.15, -0.1) is 0 Å². The van der Waals surface area contributed by atoms with E-state index in [0.29, 0.717) is 16.9 Å². The van der Waals surface area contributed by atoms with E-state index in [-0.39, 0.29) is 0 Å². The predicted octanol–water partition coefficient (Wildman–Crippen LogP) is 2.14. The molecule has 1 aliphatic rings. The lowest BCUT2D eigenvalue weighted by atomic mass is 10.2. The Hall–Kier alpha value is -2.45. The van der Waals surface area contributed by atoms with Crippen molar-refractivity contribution in [3.63, 3.8) is 0 Å². The van der Waals surface area contributed by atoms with Crippen molar-refractivity contribution in [2.24, 2.45) is 0 Å². The molecule has 3 heterocycles. The maximum atomic E-state index is 6.02. The van der Waals surface area contributed by atoms with Crippen LogP contribution < -0.4 is 4.90 Å². The number of aromatic amines is 1. The molecule has 8 nitrogen and oxygen atoms in total. The van der Waals surface area contributed by atoms with Gasteiger partial charge in [0.1, 0.15) is 5.82 Å². The second-order valence-electron chi connectivity index (χ2n) is 6.01. The summed E-state index contributed by atoms with van der Waals surface area (Å²) < 4.78 is 5.43. The smallest absolute Gasteiger partial charge is 0.322 e. The maximum Gasteiger partial charge on any atom is 0.324 e. The van der Waals surface area contributed by atoms with E-state index < -0.39 is 0 Å². The first-order chi connectivity index (χ1) is 12.2. The van der Waals surface area contributed by atoms with E-state index in [1.807, 2.05) is 31.2 Å². The summed E-state index contributed by atoms with van der Waals surface area (Å²) in [4.78, 5) is 13.3. The fourth-order valence-electron chi connectivity index (χ4n) is 2.85. The second-order valence-corrected chi connectivity index (χ2v) is 6.45. The number of aryl methyl sites for hydroxylation is 1. The highest BCUT2D eigenvalue weighted by Gasteiger charge is 2.22. The summed E-state index contributed by atoms with van der Waals surface area (Å²) in [6.45, 7) is 6.07. The van der Waals surface area contributed by atoms with Gasteiger partial charge in [0.15, 0.2) is 5.82 Å². The van der Waals surface area contributed by atoms with Crippen molar-refractivity contribution >= 4 is 17.6 Å². The first-order valence-electron chi connectivity index (χ1n) is 8.12. The van der Waals surface area contributed by atoms with Gasteiger partial charge in [-0.25, -0.2) is 4.98 Å². The molecule has 0 amide bonds. The van der Waals surface area contributed by atoms with Gasteiger partial charge in [-0.1, -0.05) is 28.9 Å². The summed E-state index contributed by atoms with van der Waals surface area (Å²) >= 11 is 6.02. The van der Waals surface area contributed by atoms with Crippen LogP contribution in [0, 0.1) is 6.92 Å². The molecule has 1 saturated heterocycles. The Morgan fingerprint density at radius 1 is 1.20 bits per heavy atom. The van der Waals surface area contributed by atoms with Gasteiger partial charge < -0.3 is 9.42 Å². The molecule has 0 unspecified atom stereocenters. The first kappa shape index (κ1) is 16.0. The van der Waals surface area contributed by atoms with Crippen LogP contribution in [0.3, 0.4) is 0 Å². The molecule has 1 aliphatic heterocycles. The number of H-pyrrole nitrogens is 1. The summed E-state index contributed by atoms with van der Waals surface area (Å²) in [5.74, 6) is 2.22. The molecule has 0 bridgehead atoms. The number of aromatic nitrogens is 5. The summed E-state index contributed by atoms with van der Waals surface area (Å²) in [7, 11) is 0. The number of hydrogen-bond acceptors (Lipinski definition) is 7. The Morgan fingerprint density at radius 2 is 2.04 bits per heavy atom. The third-order valence-electron chi connectivity index (χ3n) is 4.15. The Labute approximate surface area is 149 Å². The lowest BCUT2D eigenvalue weighted by Gasteiger charge is -2.32. The van der Waals surface area contributed by atoms with Crippen molar-refractivity contribution in [2.75, 3.05) is 31.1 Å². The molecule has 1 fully saturated rings. The highest BCUT2D eigenvalue weighted by Crippen LogP contribution is 2.23. The molecule has 4 rings (SSSR count). The predicted molar refractivity (Wildman–Crippen MR) is 93.4 cm³/mol. The van der Waals surface area contributed by atoms with Crippen LogP contribution in [0.25, 0.3) is 11.4 Å². The molecule has 1 N–H and O–H groups in total. The minimum Gasteiger partial charge on any atom is -0.322 e. The fraction of sp³-hybridized carbons (Fsp3) is 0.375. The van der Waals surface area contributed by atoms with Crippen LogP contribution in [0.4, 0.5) is 6.01 Å². The van der Waals surface area contributed by atoms with Gasteiger partial charge >= 0.3 is 6.01 Å². The van der Waals surface area contributed by atoms with Crippen LogP contribution in [0.15, 0.2) is 28.8 Å². The van der Waals surface area contributed by atoms with E-state index in [1.165, 1.54) is 0 Å². The number of benzene rings is 1. The van der Waals surface area contributed by atoms with Crippen LogP contribution in [-0.4, -0.2) is 56.4 Å². The molecule has 9 heteroatoms. The highest BCUT2D eigenvalue weighted by molar-refractivity contribution is 6.30. The van der Waals surface area contributed by atoms with E-state index in [4.69, 9.17) is 16.1 Å². The van der Waals surface area contributed by atoms with Gasteiger partial charge in [0, 0.05) is 36.8 Å². The zero-order chi connectivity index (χ0) is 17.2. The third-order valence-corrected chi connectivity index (χ3v) is 4.38. The van der Waals surface area contributed by atoms with Crippen molar-refractivity contribution in [1.82, 2.24) is 30.2 Å². The SMILES string of the molecule is Cc1nc(CN2CCN(c3nc(-c4cccc(Cl)c4)no3)CC2)n[nH]1. The van der Waals surface area contributed by atoms with Crippen LogP contribution >= 0.6 is 11.6 Å². The van der Waals surface area contributed by atoms with Crippen LogP contribution in [-0.2, 0) is 6.54 Å². The zero-order valence-electron chi connectivity index (χ0n) is 13.8. The molecule has 1 aromatic carbocycles. The van der Waals surface area contributed by atoms with Crippen LogP contribution in [0.2, 0.25) is 5.02 Å². The van der Waals surface area contributed by atoms with Gasteiger partial charge in [-0.05, 0) is 19.1 Å². The van der Waals surface area contributed by atoms with Gasteiger partial charge in [-0.2, -0.15) is 10.1 Å². The maximum absolute atomic E-state index is 6.02. The monoisotopic (exact) mass is 359 g/mol. The lowest BCUT2D eigenvalue weighted by molar-refractivity contribution is 0.237. The molecule has 130 valence electrons. The van der Waals surface area contributed by atoms with Gasteiger partial charge in [0.2, 0.25) is 5.82 Å². The number of nitrogens with one attached hydrogen (secondary N) is 1. The minimum absolute atomic E-state index is 0.545. The van der Waals surface area contributed by atoms with Crippen LogP contribution in [0.1, 0.15) is 11.6 Å². The number of rotatable bonds is 4. The molecule has 0 aliphatic carbocycles. The summed E-state index contributed by atoms with van der Waals surface area (Å²) in [6, 6.07) is 7.98. The number of hydrogen-bond donors (Lipinski definition) is 1. The molecule has 0 spiro atoms. The van der Waals surface area contributed by atoms with E-state index in [9.17, 15) is 0 Å². The molecule has 0 radical (unpaired) electrons. The van der Waals surface area contributed by atoms with Crippen molar-refractivity contribution in [3.05, 3.63) is 40.9 Å².